The van der Waals surface area contributed by atoms with Crippen molar-refractivity contribution in [1.82, 2.24) is 0 Å². The summed E-state index contributed by atoms with van der Waals surface area (Å²) >= 11 is -2.00. The molecule has 0 fully saturated rings. The molecule has 2 aliphatic carbocycles. The summed E-state index contributed by atoms with van der Waals surface area (Å²) in [6.07, 6.45) is 9.20. The van der Waals surface area contributed by atoms with Crippen molar-refractivity contribution in [3.8, 4) is 11.5 Å². The summed E-state index contributed by atoms with van der Waals surface area (Å²) < 4.78 is 16.5. The summed E-state index contributed by atoms with van der Waals surface area (Å²) in [7, 11) is 3.43. The average Bonchev–Trinajstić information content (AvgIpc) is 3.23. The van der Waals surface area contributed by atoms with Crippen LogP contribution in [0.15, 0.2) is 48.6 Å². The normalized spacial score (nSPS) is 18.0. The van der Waals surface area contributed by atoms with E-state index in [1.807, 2.05) is 0 Å². The molecule has 0 spiro atoms. The first kappa shape index (κ1) is 21.2. The van der Waals surface area contributed by atoms with Crippen molar-refractivity contribution in [3.63, 3.8) is 0 Å². The van der Waals surface area contributed by atoms with Crippen molar-refractivity contribution in [2.45, 2.75) is 7.25 Å². The van der Waals surface area contributed by atoms with Gasteiger partial charge in [0.05, 0.1) is 0 Å². The topological polar surface area (TPSA) is 18.5 Å². The van der Waals surface area contributed by atoms with Gasteiger partial charge in [0.25, 0.3) is 0 Å². The molecule has 2 nitrogen and oxygen atoms in total. The predicted octanol–water partition coefficient (Wildman–Crippen LogP) is -1.40. The van der Waals surface area contributed by atoms with Crippen LogP contribution in [-0.2, 0) is 21.3 Å². The molecule has 0 amide bonds. The molecule has 2 unspecified atom stereocenters. The van der Waals surface area contributed by atoms with Crippen LogP contribution >= 0.6 is 0 Å². The molecule has 0 bridgehead atoms. The first-order valence-corrected chi connectivity index (χ1v) is 12.7. The van der Waals surface area contributed by atoms with Crippen molar-refractivity contribution in [3.05, 3.63) is 70.8 Å². The molecule has 0 N–H and O–H groups in total. The molecule has 0 aliphatic heterocycles. The van der Waals surface area contributed by atoms with Crippen LogP contribution in [0.1, 0.15) is 29.5 Å². The maximum Gasteiger partial charge on any atom is -1.00 e. The van der Waals surface area contributed by atoms with E-state index in [1.54, 1.807) is 14.2 Å². The number of fused-ring (bicyclic) bond motifs is 2. The molecule has 0 saturated carbocycles. The number of benzene rings is 2. The minimum Gasteiger partial charge on any atom is -1.00 e. The average molecular weight is 467 g/mol. The van der Waals surface area contributed by atoms with Crippen LogP contribution < -0.4 is 34.3 Å². The Labute approximate surface area is 174 Å². The third-order valence-electron chi connectivity index (χ3n) is 4.99. The Bertz CT molecular complexity index is 818. The molecule has 2 aromatic carbocycles. The minimum absolute atomic E-state index is 0. The third kappa shape index (κ3) is 3.63. The molecule has 5 heteroatoms. The zero-order valence-corrected chi connectivity index (χ0v) is 18.7. The molecule has 0 heterocycles. The first-order valence-electron chi connectivity index (χ1n) is 8.12. The second-order valence-corrected chi connectivity index (χ2v) is 12.1. The molecule has 0 radical (unpaired) electrons. The largest absolute Gasteiger partial charge is 1.00 e. The summed E-state index contributed by atoms with van der Waals surface area (Å²) in [6, 6.07) is 12.8. The fourth-order valence-electron chi connectivity index (χ4n) is 3.66. The monoisotopic (exact) mass is 464 g/mol. The van der Waals surface area contributed by atoms with Crippen LogP contribution in [0, 0.1) is 0 Å². The van der Waals surface area contributed by atoms with Gasteiger partial charge in [0.2, 0.25) is 0 Å². The van der Waals surface area contributed by atoms with Crippen LogP contribution in [0.3, 0.4) is 0 Å². The molecule has 0 aromatic heterocycles. The number of allylic oxidation sites excluding steroid dienone is 2. The molecule has 2 atom stereocenters. The van der Waals surface area contributed by atoms with Gasteiger partial charge in [-0.15, -0.1) is 0 Å². The Morgan fingerprint density at radius 2 is 1.19 bits per heavy atom. The second kappa shape index (κ2) is 8.69. The van der Waals surface area contributed by atoms with E-state index >= 15 is 0 Å². The van der Waals surface area contributed by atoms with Crippen molar-refractivity contribution in [1.29, 1.82) is 0 Å². The predicted molar refractivity (Wildman–Crippen MR) is 96.7 cm³/mol. The van der Waals surface area contributed by atoms with Crippen LogP contribution in [0.2, 0.25) is 0 Å². The zero-order valence-electron chi connectivity index (χ0n) is 14.7. The summed E-state index contributed by atoms with van der Waals surface area (Å²) in [4.78, 5) is 0. The van der Waals surface area contributed by atoms with E-state index in [2.05, 4.69) is 60.7 Å². The van der Waals surface area contributed by atoms with Crippen LogP contribution in [0.4, 0.5) is 0 Å². The van der Waals surface area contributed by atoms with Crippen LogP contribution in [0.25, 0.3) is 12.2 Å². The Morgan fingerprint density at radius 3 is 1.58 bits per heavy atom. The zero-order chi connectivity index (χ0) is 16.7. The van der Waals surface area contributed by atoms with Gasteiger partial charge in [0, 0.05) is 0 Å². The van der Waals surface area contributed by atoms with Gasteiger partial charge in [0.15, 0.2) is 0 Å². The number of hydrogen-bond acceptors (Lipinski definition) is 2. The SMILES string of the molecule is [CH2]=[Zr+2]([CH]1C=Cc2cc(OC)ccc21)[CH]1C=Cc2cc(OC)ccc21.[Cl-].[Cl-]. The van der Waals surface area contributed by atoms with E-state index in [0.717, 1.165) is 11.5 Å². The van der Waals surface area contributed by atoms with Crippen molar-refractivity contribution in [2.75, 3.05) is 14.2 Å². The van der Waals surface area contributed by atoms with Gasteiger partial charge in [-0.05, 0) is 0 Å². The molecule has 26 heavy (non-hydrogen) atoms. The number of ether oxygens (including phenoxy) is 2. The minimum atomic E-state index is -2.00. The Morgan fingerprint density at radius 1 is 0.769 bits per heavy atom. The van der Waals surface area contributed by atoms with E-state index < -0.39 is 21.3 Å². The van der Waals surface area contributed by atoms with E-state index in [4.69, 9.17) is 13.7 Å². The van der Waals surface area contributed by atoms with Gasteiger partial charge in [0.1, 0.15) is 0 Å². The molecular weight excluding hydrogens is 446 g/mol. The van der Waals surface area contributed by atoms with Crippen molar-refractivity contribution in [2.24, 2.45) is 0 Å². The van der Waals surface area contributed by atoms with E-state index in [9.17, 15) is 0 Å². The van der Waals surface area contributed by atoms with Crippen molar-refractivity contribution < 1.29 is 55.6 Å². The fraction of sp³-hybridized carbons (Fsp3) is 0.190. The third-order valence-corrected chi connectivity index (χ3v) is 11.4. The molecule has 134 valence electrons. The number of hydrogen-bond donors (Lipinski definition) is 0. The standard InChI is InChI=1S/2C10H9O.CH2.2ClH.Zr/c2*1-11-10-6-5-8-3-2-4-9(8)7-10;;;;/h2*2-7H,1H3;1H2;2*1H;/q;;;;;+2/p-2. The molecule has 2 aromatic rings. The summed E-state index contributed by atoms with van der Waals surface area (Å²) in [5, 5.41) is 0. The van der Waals surface area contributed by atoms with Crippen molar-refractivity contribution >= 4 is 16.4 Å². The number of rotatable bonds is 4. The van der Waals surface area contributed by atoms with Gasteiger partial charge in [-0.25, -0.2) is 0 Å². The number of methoxy groups -OCH3 is 2. The molecular formula is C21H20Cl2O2Zr. The van der Waals surface area contributed by atoms with E-state index in [1.165, 1.54) is 22.3 Å². The van der Waals surface area contributed by atoms with Gasteiger partial charge in [-0.2, -0.15) is 0 Å². The Kier molecular flexibility index (Phi) is 7.07. The van der Waals surface area contributed by atoms with Crippen LogP contribution in [-0.4, -0.2) is 18.4 Å². The van der Waals surface area contributed by atoms with E-state index in [0.29, 0.717) is 7.25 Å². The summed E-state index contributed by atoms with van der Waals surface area (Å²) in [5.74, 6) is 1.85. The quantitative estimate of drug-likeness (QED) is 0.552. The number of halogens is 2. The smallest absolute Gasteiger partial charge is 1.00 e. The summed E-state index contributed by atoms with van der Waals surface area (Å²) in [5.41, 5.74) is 5.43. The van der Waals surface area contributed by atoms with E-state index in [-0.39, 0.29) is 24.8 Å². The Balaban J connectivity index is 0.00000121. The molecule has 0 saturated heterocycles. The molecule has 4 rings (SSSR count). The first-order chi connectivity index (χ1) is 11.7. The maximum absolute atomic E-state index is 5.35. The van der Waals surface area contributed by atoms with Gasteiger partial charge < -0.3 is 24.8 Å². The maximum atomic E-state index is 5.35. The Hall–Kier alpha value is -1.15. The van der Waals surface area contributed by atoms with Gasteiger partial charge in [-0.1, -0.05) is 0 Å². The summed E-state index contributed by atoms with van der Waals surface area (Å²) in [6.45, 7) is 0. The van der Waals surface area contributed by atoms with Gasteiger partial charge >= 0.3 is 151 Å². The van der Waals surface area contributed by atoms with Gasteiger partial charge in [-0.3, -0.25) is 0 Å². The van der Waals surface area contributed by atoms with Crippen LogP contribution in [0.5, 0.6) is 11.5 Å². The molecule has 2 aliphatic rings. The second-order valence-electron chi connectivity index (χ2n) is 6.24. The fourth-order valence-corrected chi connectivity index (χ4v) is 9.56.